The van der Waals surface area contributed by atoms with Gasteiger partial charge in [0.05, 0.1) is 10.2 Å². The van der Waals surface area contributed by atoms with Crippen molar-refractivity contribution in [1.82, 2.24) is 19.9 Å². The standard InChI is InChI=1S/C22H23N5OS/c1-13-11-15(12-18-19(13)26-22(23)29-18)21(28)25-16-4-6-17(7-5-16)27-10-2-3-14-8-9-24-20(14)27/h2-3,8-12,16-17H,4-7H2,1H3,(H2,23,26)(H,25,28). The molecule has 3 heterocycles. The van der Waals surface area contributed by atoms with Crippen LogP contribution in [0.3, 0.4) is 0 Å². The molecule has 1 fully saturated rings. The Kier molecular flexibility index (Phi) is 4.47. The third kappa shape index (κ3) is 3.35. The molecular weight excluding hydrogens is 382 g/mol. The summed E-state index contributed by atoms with van der Waals surface area (Å²) in [6.45, 7) is 1.97. The van der Waals surface area contributed by atoms with Crippen molar-refractivity contribution in [3.8, 4) is 11.4 Å². The number of hydrogen-bond donors (Lipinski definition) is 2. The van der Waals surface area contributed by atoms with Gasteiger partial charge in [0.25, 0.3) is 5.91 Å². The van der Waals surface area contributed by atoms with E-state index < -0.39 is 0 Å². The largest absolute Gasteiger partial charge is 0.375 e. The lowest BCUT2D eigenvalue weighted by Gasteiger charge is -2.31. The first-order valence-corrected chi connectivity index (χ1v) is 10.8. The molecule has 148 valence electrons. The number of nitrogens with one attached hydrogen (secondary N) is 1. The fourth-order valence-corrected chi connectivity index (χ4v) is 5.25. The number of carbonyl (C=O) groups excluding carboxylic acids is 1. The number of aryl methyl sites for hydroxylation is 1. The zero-order chi connectivity index (χ0) is 20.0. The van der Waals surface area contributed by atoms with Gasteiger partial charge in [-0.05, 0) is 68.5 Å². The molecule has 7 heteroatoms. The van der Waals surface area contributed by atoms with E-state index in [1.807, 2.05) is 31.3 Å². The van der Waals surface area contributed by atoms with E-state index in [0.29, 0.717) is 16.7 Å². The van der Waals surface area contributed by atoms with Crippen molar-refractivity contribution in [1.29, 1.82) is 0 Å². The van der Waals surface area contributed by atoms with Gasteiger partial charge in [0.2, 0.25) is 0 Å². The summed E-state index contributed by atoms with van der Waals surface area (Å²) in [6, 6.07) is 10.7. The first-order chi connectivity index (χ1) is 14.1. The number of benzene rings is 1. The topological polar surface area (TPSA) is 85.8 Å². The minimum absolute atomic E-state index is 0.0159. The third-order valence-electron chi connectivity index (χ3n) is 5.87. The second-order valence-corrected chi connectivity index (χ2v) is 8.87. The number of rotatable bonds is 3. The number of aromatic nitrogens is 3. The van der Waals surface area contributed by atoms with E-state index in [9.17, 15) is 4.79 Å². The third-order valence-corrected chi connectivity index (χ3v) is 6.70. The maximum atomic E-state index is 12.8. The van der Waals surface area contributed by atoms with E-state index in [1.165, 1.54) is 16.9 Å². The smallest absolute Gasteiger partial charge is 0.251 e. The number of nitrogen functional groups attached to an aromatic ring is 1. The SMILES string of the molecule is Cc1cc(C(=O)NC2CCC(n3cccc4ccnc3-4)CC2)cc2sc(N)nc12. The Labute approximate surface area is 173 Å². The lowest BCUT2D eigenvalue weighted by molar-refractivity contribution is 0.0922. The summed E-state index contributed by atoms with van der Waals surface area (Å²) in [4.78, 5) is 21.7. The van der Waals surface area contributed by atoms with Crippen LogP contribution in [0.25, 0.3) is 21.6 Å². The molecule has 1 aromatic carbocycles. The lowest BCUT2D eigenvalue weighted by Crippen LogP contribution is -2.38. The van der Waals surface area contributed by atoms with Gasteiger partial charge in [-0.25, -0.2) is 9.97 Å². The Hall–Kier alpha value is -2.93. The van der Waals surface area contributed by atoms with Crippen LogP contribution in [0.5, 0.6) is 0 Å². The van der Waals surface area contributed by atoms with Crippen molar-refractivity contribution in [3.63, 3.8) is 0 Å². The first-order valence-electron chi connectivity index (χ1n) is 9.97. The highest BCUT2D eigenvalue weighted by Gasteiger charge is 2.25. The van der Waals surface area contributed by atoms with Crippen molar-refractivity contribution in [2.75, 3.05) is 5.73 Å². The molecule has 0 radical (unpaired) electrons. The predicted molar refractivity (Wildman–Crippen MR) is 116 cm³/mol. The molecular formula is C22H23N5OS. The van der Waals surface area contributed by atoms with E-state index in [0.717, 1.165) is 47.3 Å². The monoisotopic (exact) mass is 405 g/mol. The number of hydrogen-bond acceptors (Lipinski definition) is 5. The maximum Gasteiger partial charge on any atom is 0.251 e. The molecule has 1 aromatic heterocycles. The van der Waals surface area contributed by atoms with Gasteiger partial charge in [-0.15, -0.1) is 0 Å². The highest BCUT2D eigenvalue weighted by Crippen LogP contribution is 2.33. The fraction of sp³-hybridized carbons (Fsp3) is 0.318. The minimum Gasteiger partial charge on any atom is -0.375 e. The number of anilines is 1. The number of fused-ring (bicyclic) bond motifs is 2. The second kappa shape index (κ2) is 7.15. The van der Waals surface area contributed by atoms with Crippen LogP contribution in [0.15, 0.2) is 42.7 Å². The van der Waals surface area contributed by atoms with Crippen LogP contribution >= 0.6 is 11.3 Å². The van der Waals surface area contributed by atoms with Crippen LogP contribution in [0, 0.1) is 6.92 Å². The van der Waals surface area contributed by atoms with Crippen molar-refractivity contribution in [2.24, 2.45) is 0 Å². The van der Waals surface area contributed by atoms with Crippen LogP contribution in [-0.2, 0) is 0 Å². The number of nitrogens with two attached hydrogens (primary N) is 1. The Morgan fingerprint density at radius 2 is 2.07 bits per heavy atom. The van der Waals surface area contributed by atoms with Gasteiger partial charge in [0.15, 0.2) is 5.13 Å². The zero-order valence-corrected chi connectivity index (χ0v) is 17.1. The molecule has 1 saturated carbocycles. The molecule has 6 nitrogen and oxygen atoms in total. The molecule has 2 aromatic rings. The number of nitrogens with zero attached hydrogens (tertiary/aromatic N) is 3. The van der Waals surface area contributed by atoms with E-state index in [2.05, 4.69) is 38.2 Å². The van der Waals surface area contributed by atoms with Crippen LogP contribution < -0.4 is 11.1 Å². The van der Waals surface area contributed by atoms with E-state index in [4.69, 9.17) is 5.73 Å². The molecule has 0 unspecified atom stereocenters. The Bertz CT molecular complexity index is 1160. The molecule has 0 spiro atoms. The fourth-order valence-electron chi connectivity index (χ4n) is 4.40. The van der Waals surface area contributed by atoms with Crippen LogP contribution in [-0.4, -0.2) is 26.5 Å². The van der Waals surface area contributed by atoms with Gasteiger partial charge in [-0.2, -0.15) is 0 Å². The summed E-state index contributed by atoms with van der Waals surface area (Å²) in [5.41, 5.74) is 9.55. The quantitative estimate of drug-likeness (QED) is 0.529. The van der Waals surface area contributed by atoms with Crippen molar-refractivity contribution >= 4 is 32.6 Å². The normalized spacial score (nSPS) is 19.6. The molecule has 3 aliphatic rings. The van der Waals surface area contributed by atoms with Crippen LogP contribution in [0.4, 0.5) is 5.13 Å². The highest BCUT2D eigenvalue weighted by molar-refractivity contribution is 7.22. The molecule has 0 bridgehead atoms. The molecule has 29 heavy (non-hydrogen) atoms. The Balaban J connectivity index is 1.26. The average Bonchev–Trinajstić information content (AvgIpc) is 3.34. The van der Waals surface area contributed by atoms with E-state index in [1.54, 1.807) is 0 Å². The van der Waals surface area contributed by atoms with Gasteiger partial charge in [-0.1, -0.05) is 11.3 Å². The van der Waals surface area contributed by atoms with Gasteiger partial charge >= 0.3 is 0 Å². The summed E-state index contributed by atoms with van der Waals surface area (Å²) in [7, 11) is 0. The summed E-state index contributed by atoms with van der Waals surface area (Å²) < 4.78 is 3.25. The minimum atomic E-state index is -0.0159. The Morgan fingerprint density at radius 1 is 1.24 bits per heavy atom. The molecule has 1 aliphatic carbocycles. The van der Waals surface area contributed by atoms with Crippen molar-refractivity contribution in [3.05, 3.63) is 53.9 Å². The average molecular weight is 406 g/mol. The van der Waals surface area contributed by atoms with E-state index in [-0.39, 0.29) is 11.9 Å². The van der Waals surface area contributed by atoms with Crippen molar-refractivity contribution < 1.29 is 4.79 Å². The van der Waals surface area contributed by atoms with E-state index >= 15 is 0 Å². The summed E-state index contributed by atoms with van der Waals surface area (Å²) in [5, 5.41) is 3.76. The zero-order valence-electron chi connectivity index (χ0n) is 16.3. The van der Waals surface area contributed by atoms with Crippen LogP contribution in [0.1, 0.15) is 47.6 Å². The number of carbonyl (C=O) groups is 1. The molecule has 3 N–H and O–H groups in total. The Morgan fingerprint density at radius 3 is 2.90 bits per heavy atom. The van der Waals surface area contributed by atoms with Gasteiger partial charge in [0, 0.05) is 35.6 Å². The van der Waals surface area contributed by atoms with Crippen molar-refractivity contribution in [2.45, 2.75) is 44.7 Å². The van der Waals surface area contributed by atoms with Gasteiger partial charge in [0.1, 0.15) is 5.82 Å². The maximum absolute atomic E-state index is 12.8. The first kappa shape index (κ1) is 18.1. The number of amides is 1. The lowest BCUT2D eigenvalue weighted by atomic mass is 9.90. The summed E-state index contributed by atoms with van der Waals surface area (Å²) in [5.74, 6) is 1.03. The molecule has 2 aliphatic heterocycles. The van der Waals surface area contributed by atoms with Gasteiger partial charge in [-0.3, -0.25) is 4.79 Å². The predicted octanol–water partition coefficient (Wildman–Crippen LogP) is 4.40. The van der Waals surface area contributed by atoms with Crippen LogP contribution in [0.2, 0.25) is 0 Å². The number of pyridine rings is 1. The summed E-state index contributed by atoms with van der Waals surface area (Å²) in [6.07, 6.45) is 7.99. The molecule has 5 rings (SSSR count). The second-order valence-electron chi connectivity index (χ2n) is 7.81. The van der Waals surface area contributed by atoms with Gasteiger partial charge < -0.3 is 15.6 Å². The number of thiazole rings is 1. The summed E-state index contributed by atoms with van der Waals surface area (Å²) >= 11 is 1.42. The molecule has 0 atom stereocenters. The highest BCUT2D eigenvalue weighted by atomic mass is 32.1. The molecule has 0 saturated heterocycles. The molecule has 1 amide bonds.